The van der Waals surface area contributed by atoms with Crippen LogP contribution in [-0.4, -0.2) is 54.3 Å². The summed E-state index contributed by atoms with van der Waals surface area (Å²) in [4.78, 5) is 15.0. The van der Waals surface area contributed by atoms with Crippen LogP contribution >= 0.6 is 15.9 Å². The van der Waals surface area contributed by atoms with E-state index in [0.29, 0.717) is 0 Å². The zero-order valence-electron chi connectivity index (χ0n) is 18.0. The Labute approximate surface area is 200 Å². The molecule has 2 aromatic carbocycles. The van der Waals surface area contributed by atoms with Crippen LogP contribution in [-0.2, 0) is 0 Å². The zero-order chi connectivity index (χ0) is 20.7. The van der Waals surface area contributed by atoms with Crippen molar-refractivity contribution >= 4 is 33.6 Å². The lowest BCUT2D eigenvalue weighted by Gasteiger charge is -2.31. The van der Waals surface area contributed by atoms with E-state index in [2.05, 4.69) is 54.3 Å². The Bertz CT molecular complexity index is 849. The minimum absolute atomic E-state index is 0. The summed E-state index contributed by atoms with van der Waals surface area (Å²) in [6.07, 6.45) is 6.91. The van der Waals surface area contributed by atoms with Gasteiger partial charge in [-0.2, -0.15) is 0 Å². The maximum atomic E-state index is 13.1. The molecule has 1 heterocycles. The number of carbonyl (C=O) groups excluding carboxylic acids is 1. The van der Waals surface area contributed by atoms with E-state index < -0.39 is 0 Å². The number of hydrogen-bond acceptors (Lipinski definition) is 1. The van der Waals surface area contributed by atoms with Crippen molar-refractivity contribution < 1.29 is 26.3 Å². The largest absolute Gasteiger partial charge is 1.00 e. The summed E-state index contributed by atoms with van der Waals surface area (Å²) < 4.78 is 1.01. The number of amides is 1. The van der Waals surface area contributed by atoms with E-state index in [1.165, 1.54) is 25.8 Å². The maximum Gasteiger partial charge on any atom is 0.258 e. The fraction of sp³-hybridized carbons (Fsp3) is 0.400. The fourth-order valence-corrected chi connectivity index (χ4v) is 4.35. The third-order valence-electron chi connectivity index (χ3n) is 5.61. The van der Waals surface area contributed by atoms with E-state index in [1.807, 2.05) is 41.3 Å². The second kappa shape index (κ2) is 11.8. The highest BCUT2D eigenvalue weighted by Gasteiger charge is 2.31. The molecule has 0 spiro atoms. The number of carbonyl (C=O) groups is 1. The van der Waals surface area contributed by atoms with E-state index in [0.717, 1.165) is 51.7 Å². The van der Waals surface area contributed by atoms with E-state index in [4.69, 9.17) is 0 Å². The third-order valence-corrected chi connectivity index (χ3v) is 6.18. The molecule has 5 heteroatoms. The number of fused-ring (bicyclic) bond motifs is 1. The lowest BCUT2D eigenvalue weighted by Crippen LogP contribution is -3.00. The van der Waals surface area contributed by atoms with Crippen LogP contribution in [0.5, 0.6) is 0 Å². The Morgan fingerprint density at radius 2 is 1.50 bits per heavy atom. The first-order valence-electron chi connectivity index (χ1n) is 10.6. The van der Waals surface area contributed by atoms with Gasteiger partial charge in [0.15, 0.2) is 0 Å². The maximum absolute atomic E-state index is 13.1. The van der Waals surface area contributed by atoms with Gasteiger partial charge in [0.05, 0.1) is 32.9 Å². The first-order chi connectivity index (χ1) is 14.0. The van der Waals surface area contributed by atoms with Gasteiger partial charge >= 0.3 is 0 Å². The van der Waals surface area contributed by atoms with E-state index in [9.17, 15) is 4.79 Å². The monoisotopic (exact) mass is 534 g/mol. The number of unbranched alkanes of at least 4 members (excludes halogenated alkanes) is 2. The number of quaternary nitrogens is 1. The first kappa shape index (κ1) is 24.8. The topological polar surface area (TPSA) is 20.3 Å². The van der Waals surface area contributed by atoms with Gasteiger partial charge in [0.2, 0.25) is 0 Å². The molecule has 0 saturated carbocycles. The molecule has 2 aromatic rings. The third kappa shape index (κ3) is 6.53. The van der Waals surface area contributed by atoms with Crippen LogP contribution in [0.1, 0.15) is 47.2 Å². The van der Waals surface area contributed by atoms with Gasteiger partial charge in [0, 0.05) is 29.4 Å². The zero-order valence-corrected chi connectivity index (χ0v) is 21.2. The SMILES string of the molecule is C[N+](C)(CCCCCBr)CCCN1C(=O)c2ccccc2/C1=C\c1ccccc1.[Br-]. The highest BCUT2D eigenvalue weighted by molar-refractivity contribution is 9.09. The van der Waals surface area contributed by atoms with E-state index >= 15 is 0 Å². The standard InChI is InChI=1S/C25H32BrN2O.BrH/c1-28(2,18-10-4-9-16-26)19-11-17-27-24(20-21-12-5-3-6-13-21)22-14-7-8-15-23(22)25(27)29;/h3,5-8,12-15,20H,4,9-11,16-19H2,1-2H3;1H/q+1;/p-1/b24-20+;. The Morgan fingerprint density at radius 1 is 0.867 bits per heavy atom. The lowest BCUT2D eigenvalue weighted by molar-refractivity contribution is -0.890. The number of nitrogens with zero attached hydrogens (tertiary/aromatic N) is 2. The molecular formula is C25H32Br2N2O. The highest BCUT2D eigenvalue weighted by atomic mass is 79.9. The number of benzene rings is 2. The number of rotatable bonds is 10. The molecule has 3 rings (SSSR count). The second-order valence-electron chi connectivity index (χ2n) is 8.43. The van der Waals surface area contributed by atoms with Crippen LogP contribution in [0.2, 0.25) is 0 Å². The van der Waals surface area contributed by atoms with Crippen molar-refractivity contribution in [2.75, 3.05) is 39.1 Å². The van der Waals surface area contributed by atoms with Gasteiger partial charge in [-0.05, 0) is 37.0 Å². The number of hydrogen-bond donors (Lipinski definition) is 0. The summed E-state index contributed by atoms with van der Waals surface area (Å²) >= 11 is 3.51. The lowest BCUT2D eigenvalue weighted by atomic mass is 10.1. The average Bonchev–Trinajstić information content (AvgIpc) is 2.98. The Hall–Kier alpha value is -1.43. The van der Waals surface area contributed by atoms with Crippen molar-refractivity contribution in [1.29, 1.82) is 0 Å². The van der Waals surface area contributed by atoms with Gasteiger partial charge in [0.1, 0.15) is 0 Å². The van der Waals surface area contributed by atoms with Gasteiger partial charge < -0.3 is 26.4 Å². The molecule has 0 N–H and O–H groups in total. The number of alkyl halides is 1. The van der Waals surface area contributed by atoms with Crippen molar-refractivity contribution in [3.05, 3.63) is 71.3 Å². The molecular weight excluding hydrogens is 504 g/mol. The molecule has 1 amide bonds. The van der Waals surface area contributed by atoms with Crippen molar-refractivity contribution in [2.45, 2.75) is 25.7 Å². The Kier molecular flexibility index (Phi) is 9.79. The minimum atomic E-state index is 0. The fourth-order valence-electron chi connectivity index (χ4n) is 3.96. The van der Waals surface area contributed by atoms with Gasteiger partial charge in [0.25, 0.3) is 5.91 Å². The molecule has 0 fully saturated rings. The normalized spacial score (nSPS) is 14.7. The molecule has 0 aliphatic carbocycles. The van der Waals surface area contributed by atoms with Gasteiger partial charge in [-0.1, -0.05) is 64.5 Å². The quantitative estimate of drug-likeness (QED) is 0.260. The predicted molar refractivity (Wildman–Crippen MR) is 126 cm³/mol. The second-order valence-corrected chi connectivity index (χ2v) is 9.22. The summed E-state index contributed by atoms with van der Waals surface area (Å²) in [6.45, 7) is 3.02. The van der Waals surface area contributed by atoms with Gasteiger partial charge in [-0.3, -0.25) is 4.79 Å². The molecule has 0 saturated heterocycles. The molecule has 0 bridgehead atoms. The van der Waals surface area contributed by atoms with Crippen molar-refractivity contribution in [2.24, 2.45) is 0 Å². The van der Waals surface area contributed by atoms with Crippen LogP contribution in [0.3, 0.4) is 0 Å². The van der Waals surface area contributed by atoms with Crippen LogP contribution in [0.15, 0.2) is 54.6 Å². The Balaban J connectivity index is 0.00000320. The van der Waals surface area contributed by atoms with Gasteiger partial charge in [-0.15, -0.1) is 0 Å². The number of halogens is 2. The van der Waals surface area contributed by atoms with Crippen LogP contribution in [0.25, 0.3) is 11.8 Å². The smallest absolute Gasteiger partial charge is 0.258 e. The van der Waals surface area contributed by atoms with Gasteiger partial charge in [-0.25, -0.2) is 0 Å². The summed E-state index contributed by atoms with van der Waals surface area (Å²) in [5.74, 6) is 0.130. The van der Waals surface area contributed by atoms with Crippen LogP contribution < -0.4 is 17.0 Å². The van der Waals surface area contributed by atoms with E-state index in [-0.39, 0.29) is 22.9 Å². The molecule has 30 heavy (non-hydrogen) atoms. The van der Waals surface area contributed by atoms with Crippen molar-refractivity contribution in [3.8, 4) is 0 Å². The van der Waals surface area contributed by atoms with Crippen molar-refractivity contribution in [1.82, 2.24) is 4.90 Å². The first-order valence-corrected chi connectivity index (χ1v) is 11.7. The summed E-state index contributed by atoms with van der Waals surface area (Å²) in [7, 11) is 4.60. The molecule has 1 aliphatic rings. The molecule has 3 nitrogen and oxygen atoms in total. The van der Waals surface area contributed by atoms with Crippen LogP contribution in [0.4, 0.5) is 0 Å². The minimum Gasteiger partial charge on any atom is -1.00 e. The molecule has 0 radical (unpaired) electrons. The molecule has 1 aliphatic heterocycles. The summed E-state index contributed by atoms with van der Waals surface area (Å²) in [5.41, 5.74) is 4.02. The predicted octanol–water partition coefficient (Wildman–Crippen LogP) is 2.68. The average molecular weight is 536 g/mol. The van der Waals surface area contributed by atoms with Crippen molar-refractivity contribution in [3.63, 3.8) is 0 Å². The summed E-state index contributed by atoms with van der Waals surface area (Å²) in [5, 5.41) is 1.09. The van der Waals surface area contributed by atoms with E-state index in [1.54, 1.807) is 0 Å². The van der Waals surface area contributed by atoms with Crippen LogP contribution in [0, 0.1) is 0 Å². The highest BCUT2D eigenvalue weighted by Crippen LogP contribution is 2.34. The summed E-state index contributed by atoms with van der Waals surface area (Å²) in [6, 6.07) is 18.2. The molecule has 0 unspecified atom stereocenters. The Morgan fingerprint density at radius 3 is 2.20 bits per heavy atom. The molecule has 0 atom stereocenters. The molecule has 162 valence electrons. The molecule has 0 aromatic heterocycles.